The normalized spacial score (nSPS) is 10.9. The average molecular weight is 253 g/mol. The number of methoxy groups -OCH3 is 1. The number of nitrogens with two attached hydrogens (primary N) is 1. The highest BCUT2D eigenvalue weighted by Crippen LogP contribution is 2.23. The number of ether oxygens (including phenoxy) is 3. The molecule has 0 unspecified atom stereocenters. The minimum Gasteiger partial charge on any atom is -0.496 e. The van der Waals surface area contributed by atoms with Gasteiger partial charge < -0.3 is 19.9 Å². The molecule has 0 saturated heterocycles. The van der Waals surface area contributed by atoms with Crippen molar-refractivity contribution >= 4 is 5.69 Å². The second kappa shape index (κ2) is 7.95. The largest absolute Gasteiger partial charge is 0.496 e. The standard InChI is InChI=1S/C14H23NO3/c1-4-17-14(18-5-2)9-7-11-6-8-12(15)10-13(11)16-3/h6,8,10,14H,4-5,7,9,15H2,1-3H3. The number of aryl methyl sites for hydroxylation is 1. The van der Waals surface area contributed by atoms with Crippen molar-refractivity contribution < 1.29 is 14.2 Å². The maximum absolute atomic E-state index is 5.73. The van der Waals surface area contributed by atoms with Gasteiger partial charge in [-0.3, -0.25) is 0 Å². The van der Waals surface area contributed by atoms with Crippen LogP contribution in [0.2, 0.25) is 0 Å². The van der Waals surface area contributed by atoms with E-state index in [0.717, 1.165) is 24.2 Å². The molecule has 0 amide bonds. The monoisotopic (exact) mass is 253 g/mol. The molecule has 1 aromatic carbocycles. The fourth-order valence-electron chi connectivity index (χ4n) is 1.83. The Morgan fingerprint density at radius 2 is 1.83 bits per heavy atom. The average Bonchev–Trinajstić information content (AvgIpc) is 2.37. The summed E-state index contributed by atoms with van der Waals surface area (Å²) in [6, 6.07) is 5.71. The summed E-state index contributed by atoms with van der Waals surface area (Å²) in [7, 11) is 1.65. The van der Waals surface area contributed by atoms with E-state index in [1.807, 2.05) is 32.0 Å². The molecule has 102 valence electrons. The summed E-state index contributed by atoms with van der Waals surface area (Å²) in [5.74, 6) is 0.821. The van der Waals surface area contributed by atoms with Gasteiger partial charge >= 0.3 is 0 Å². The quantitative estimate of drug-likeness (QED) is 0.571. The van der Waals surface area contributed by atoms with Crippen LogP contribution >= 0.6 is 0 Å². The fraction of sp³-hybridized carbons (Fsp3) is 0.571. The van der Waals surface area contributed by atoms with E-state index in [0.29, 0.717) is 18.9 Å². The van der Waals surface area contributed by atoms with Crippen LogP contribution in [0.25, 0.3) is 0 Å². The predicted molar refractivity (Wildman–Crippen MR) is 72.8 cm³/mol. The molecule has 1 rings (SSSR count). The molecule has 0 bridgehead atoms. The lowest BCUT2D eigenvalue weighted by molar-refractivity contribution is -0.139. The summed E-state index contributed by atoms with van der Waals surface area (Å²) >= 11 is 0. The van der Waals surface area contributed by atoms with Gasteiger partial charge in [0, 0.05) is 31.4 Å². The Kier molecular flexibility index (Phi) is 6.54. The van der Waals surface area contributed by atoms with Gasteiger partial charge in [0.2, 0.25) is 0 Å². The van der Waals surface area contributed by atoms with Crippen LogP contribution < -0.4 is 10.5 Å². The molecule has 0 heterocycles. The Morgan fingerprint density at radius 1 is 1.17 bits per heavy atom. The van der Waals surface area contributed by atoms with Gasteiger partial charge in [-0.1, -0.05) is 6.07 Å². The molecule has 18 heavy (non-hydrogen) atoms. The van der Waals surface area contributed by atoms with Crippen LogP contribution in [0.3, 0.4) is 0 Å². The third kappa shape index (κ3) is 4.55. The summed E-state index contributed by atoms with van der Waals surface area (Å²) in [5.41, 5.74) is 7.56. The van der Waals surface area contributed by atoms with Crippen LogP contribution in [0.4, 0.5) is 5.69 Å². The molecule has 0 aromatic heterocycles. The summed E-state index contributed by atoms with van der Waals surface area (Å²) in [5, 5.41) is 0. The van der Waals surface area contributed by atoms with Crippen LogP contribution in [0.5, 0.6) is 5.75 Å². The van der Waals surface area contributed by atoms with E-state index in [-0.39, 0.29) is 6.29 Å². The fourth-order valence-corrected chi connectivity index (χ4v) is 1.83. The Hall–Kier alpha value is -1.26. The van der Waals surface area contributed by atoms with Gasteiger partial charge in [0.15, 0.2) is 6.29 Å². The molecule has 0 saturated carbocycles. The highest BCUT2D eigenvalue weighted by molar-refractivity contribution is 5.48. The number of hydrogen-bond donors (Lipinski definition) is 1. The second-order valence-electron chi connectivity index (χ2n) is 3.95. The van der Waals surface area contributed by atoms with E-state index in [9.17, 15) is 0 Å². The van der Waals surface area contributed by atoms with E-state index >= 15 is 0 Å². The molecule has 0 radical (unpaired) electrons. The Balaban J connectivity index is 2.60. The number of benzene rings is 1. The van der Waals surface area contributed by atoms with Gasteiger partial charge in [0.1, 0.15) is 5.75 Å². The third-order valence-corrected chi connectivity index (χ3v) is 2.67. The summed E-state index contributed by atoms with van der Waals surface area (Å²) in [6.07, 6.45) is 1.50. The van der Waals surface area contributed by atoms with Crippen LogP contribution in [0.15, 0.2) is 18.2 Å². The van der Waals surface area contributed by atoms with Crippen molar-refractivity contribution in [2.45, 2.75) is 33.0 Å². The highest BCUT2D eigenvalue weighted by Gasteiger charge is 2.10. The first-order valence-corrected chi connectivity index (χ1v) is 6.36. The maximum atomic E-state index is 5.73. The zero-order valence-electron chi connectivity index (χ0n) is 11.4. The molecule has 0 fully saturated rings. The van der Waals surface area contributed by atoms with E-state index in [1.54, 1.807) is 7.11 Å². The van der Waals surface area contributed by atoms with Crippen LogP contribution in [-0.4, -0.2) is 26.6 Å². The number of hydrogen-bond acceptors (Lipinski definition) is 4. The van der Waals surface area contributed by atoms with Gasteiger partial charge in [-0.05, 0) is 31.9 Å². The molecular formula is C14H23NO3. The van der Waals surface area contributed by atoms with Gasteiger partial charge in [-0.2, -0.15) is 0 Å². The van der Waals surface area contributed by atoms with Crippen molar-refractivity contribution in [3.63, 3.8) is 0 Å². The SMILES string of the molecule is CCOC(CCc1ccc(N)cc1OC)OCC. The first kappa shape index (κ1) is 14.8. The number of anilines is 1. The molecule has 0 aliphatic heterocycles. The van der Waals surface area contributed by atoms with Crippen LogP contribution in [0, 0.1) is 0 Å². The number of nitrogen functional groups attached to an aromatic ring is 1. The maximum Gasteiger partial charge on any atom is 0.157 e. The van der Waals surface area contributed by atoms with Crippen molar-refractivity contribution in [1.29, 1.82) is 0 Å². The van der Waals surface area contributed by atoms with E-state index in [1.165, 1.54) is 0 Å². The zero-order chi connectivity index (χ0) is 13.4. The van der Waals surface area contributed by atoms with Crippen molar-refractivity contribution in [2.24, 2.45) is 0 Å². The van der Waals surface area contributed by atoms with Crippen molar-refractivity contribution in [2.75, 3.05) is 26.1 Å². The molecular weight excluding hydrogens is 230 g/mol. The van der Waals surface area contributed by atoms with Crippen molar-refractivity contribution in [3.8, 4) is 5.75 Å². The van der Waals surface area contributed by atoms with Crippen molar-refractivity contribution in [3.05, 3.63) is 23.8 Å². The molecule has 1 aromatic rings. The second-order valence-corrected chi connectivity index (χ2v) is 3.95. The smallest absolute Gasteiger partial charge is 0.157 e. The Labute approximate surface area is 109 Å². The highest BCUT2D eigenvalue weighted by atomic mass is 16.7. The van der Waals surface area contributed by atoms with E-state index < -0.39 is 0 Å². The van der Waals surface area contributed by atoms with Gasteiger partial charge in [0.05, 0.1) is 7.11 Å². The van der Waals surface area contributed by atoms with Crippen molar-refractivity contribution in [1.82, 2.24) is 0 Å². The lowest BCUT2D eigenvalue weighted by atomic mass is 10.1. The van der Waals surface area contributed by atoms with Crippen LogP contribution in [-0.2, 0) is 15.9 Å². The summed E-state index contributed by atoms with van der Waals surface area (Å²) in [4.78, 5) is 0. The number of rotatable bonds is 8. The Bertz CT molecular complexity index is 349. The lowest BCUT2D eigenvalue weighted by Gasteiger charge is -2.17. The molecule has 2 N–H and O–H groups in total. The first-order chi connectivity index (χ1) is 8.71. The van der Waals surface area contributed by atoms with Gasteiger partial charge in [-0.25, -0.2) is 0 Å². The Morgan fingerprint density at radius 3 is 2.39 bits per heavy atom. The first-order valence-electron chi connectivity index (χ1n) is 6.36. The predicted octanol–water partition coefficient (Wildman–Crippen LogP) is 2.61. The van der Waals surface area contributed by atoms with Gasteiger partial charge in [0.25, 0.3) is 0 Å². The lowest BCUT2D eigenvalue weighted by Crippen LogP contribution is -2.18. The zero-order valence-corrected chi connectivity index (χ0v) is 11.4. The van der Waals surface area contributed by atoms with Crippen LogP contribution in [0.1, 0.15) is 25.8 Å². The van der Waals surface area contributed by atoms with E-state index in [4.69, 9.17) is 19.9 Å². The minimum atomic E-state index is -0.151. The molecule has 0 aliphatic rings. The minimum absolute atomic E-state index is 0.151. The molecule has 4 nitrogen and oxygen atoms in total. The third-order valence-electron chi connectivity index (χ3n) is 2.67. The van der Waals surface area contributed by atoms with E-state index in [2.05, 4.69) is 0 Å². The molecule has 0 spiro atoms. The molecule has 0 atom stereocenters. The summed E-state index contributed by atoms with van der Waals surface area (Å²) < 4.78 is 16.3. The summed E-state index contributed by atoms with van der Waals surface area (Å²) in [6.45, 7) is 5.25. The topological polar surface area (TPSA) is 53.7 Å². The van der Waals surface area contributed by atoms with Gasteiger partial charge in [-0.15, -0.1) is 0 Å². The molecule has 4 heteroatoms. The molecule has 0 aliphatic carbocycles.